The van der Waals surface area contributed by atoms with Gasteiger partial charge in [0, 0.05) is 44.4 Å². The highest BCUT2D eigenvalue weighted by Gasteiger charge is 2.35. The van der Waals surface area contributed by atoms with E-state index < -0.39 is 0 Å². The fraction of sp³-hybridized carbons (Fsp3) is 0.0698. The first kappa shape index (κ1) is 26.2. The number of nitrogens with zero attached hydrogens (tertiary/aromatic N) is 4. The Labute approximate surface area is 272 Å². The minimum Gasteiger partial charge on any atom is -0.317 e. The second-order valence-corrected chi connectivity index (χ2v) is 13.1. The van der Waals surface area contributed by atoms with Gasteiger partial charge in [0.25, 0.3) is 0 Å². The summed E-state index contributed by atoms with van der Waals surface area (Å²) in [5, 5.41) is 4.58. The van der Waals surface area contributed by atoms with Crippen LogP contribution in [0.4, 0.5) is 0 Å². The summed E-state index contributed by atoms with van der Waals surface area (Å²) in [6.45, 7) is 4.66. The van der Waals surface area contributed by atoms with Gasteiger partial charge in [-0.15, -0.1) is 0 Å². The Hall–Kier alpha value is -6.00. The second-order valence-electron chi connectivity index (χ2n) is 13.1. The Bertz CT molecular complexity index is 2710. The molecular weight excluding hydrogens is 573 g/mol. The lowest BCUT2D eigenvalue weighted by Gasteiger charge is -2.22. The Kier molecular flexibility index (Phi) is 5.31. The standard InChI is InChI=1S/C43H30N4/c1-43(2)35-17-9-6-14-30(35)31-21-20-28(24-36(31)43)41-33-16-7-10-18-37(33)44-42(45-41)47-38-19-11-8-15-32(38)34-26-39-27(25-40(34)47)22-23-46(39)29-12-4-3-5-13-29/h3-26H,1-2H3. The Balaban J connectivity index is 1.23. The molecule has 9 aromatic rings. The highest BCUT2D eigenvalue weighted by atomic mass is 15.2. The molecule has 0 N–H and O–H groups in total. The zero-order valence-electron chi connectivity index (χ0n) is 26.1. The van der Waals surface area contributed by atoms with E-state index in [-0.39, 0.29) is 5.41 Å². The van der Waals surface area contributed by atoms with E-state index >= 15 is 0 Å². The molecule has 222 valence electrons. The van der Waals surface area contributed by atoms with E-state index in [2.05, 4.69) is 169 Å². The van der Waals surface area contributed by atoms with Gasteiger partial charge in [-0.3, -0.25) is 4.57 Å². The summed E-state index contributed by atoms with van der Waals surface area (Å²) in [4.78, 5) is 10.6. The lowest BCUT2D eigenvalue weighted by Crippen LogP contribution is -2.15. The maximum absolute atomic E-state index is 5.42. The highest BCUT2D eigenvalue weighted by molar-refractivity contribution is 6.13. The summed E-state index contributed by atoms with van der Waals surface area (Å²) >= 11 is 0. The normalized spacial score (nSPS) is 13.5. The summed E-state index contributed by atoms with van der Waals surface area (Å²) in [6, 6.07) is 50.0. The first-order valence-corrected chi connectivity index (χ1v) is 16.2. The highest BCUT2D eigenvalue weighted by Crippen LogP contribution is 2.49. The van der Waals surface area contributed by atoms with Crippen LogP contribution in [0.5, 0.6) is 0 Å². The van der Waals surface area contributed by atoms with E-state index in [1.54, 1.807) is 0 Å². The van der Waals surface area contributed by atoms with Gasteiger partial charge in [-0.05, 0) is 70.8 Å². The lowest BCUT2D eigenvalue weighted by molar-refractivity contribution is 0.660. The first-order chi connectivity index (χ1) is 23.1. The van der Waals surface area contributed by atoms with Crippen molar-refractivity contribution in [3.05, 3.63) is 157 Å². The molecule has 0 unspecified atom stereocenters. The fourth-order valence-corrected chi connectivity index (χ4v) is 7.86. The molecule has 0 saturated heterocycles. The molecule has 3 aromatic heterocycles. The average molecular weight is 603 g/mol. The molecule has 1 aliphatic rings. The van der Waals surface area contributed by atoms with Crippen LogP contribution in [0, 0.1) is 0 Å². The molecule has 47 heavy (non-hydrogen) atoms. The third-order valence-corrected chi connectivity index (χ3v) is 10.2. The van der Waals surface area contributed by atoms with Crippen molar-refractivity contribution in [3.8, 4) is 34.0 Å². The third-order valence-electron chi connectivity index (χ3n) is 10.2. The van der Waals surface area contributed by atoms with E-state index in [1.807, 2.05) is 0 Å². The van der Waals surface area contributed by atoms with Gasteiger partial charge < -0.3 is 4.57 Å². The molecule has 6 aromatic carbocycles. The number of aromatic nitrogens is 4. The van der Waals surface area contributed by atoms with Crippen LogP contribution in [0.1, 0.15) is 25.0 Å². The zero-order chi connectivity index (χ0) is 31.3. The van der Waals surface area contributed by atoms with Gasteiger partial charge in [0.2, 0.25) is 5.95 Å². The summed E-state index contributed by atoms with van der Waals surface area (Å²) in [6.07, 6.45) is 2.16. The molecule has 0 fully saturated rings. The SMILES string of the molecule is CC1(C)c2ccccc2-c2ccc(-c3nc(-n4c5ccccc5c5cc6c(ccn6-c6ccccc6)cc54)nc4ccccc34)cc21. The maximum Gasteiger partial charge on any atom is 0.235 e. The van der Waals surface area contributed by atoms with Gasteiger partial charge in [0.15, 0.2) is 0 Å². The van der Waals surface area contributed by atoms with Crippen molar-refractivity contribution in [3.63, 3.8) is 0 Å². The molecule has 0 radical (unpaired) electrons. The number of hydrogen-bond acceptors (Lipinski definition) is 2. The molecule has 0 spiro atoms. The summed E-state index contributed by atoms with van der Waals surface area (Å²) < 4.78 is 4.51. The van der Waals surface area contributed by atoms with Crippen LogP contribution >= 0.6 is 0 Å². The molecule has 10 rings (SSSR count). The predicted octanol–water partition coefficient (Wildman–Crippen LogP) is 10.6. The molecule has 0 bridgehead atoms. The van der Waals surface area contributed by atoms with Crippen LogP contribution < -0.4 is 0 Å². The Morgan fingerprint density at radius 2 is 1.28 bits per heavy atom. The average Bonchev–Trinajstić information content (AvgIpc) is 3.75. The second kappa shape index (κ2) is 9.51. The van der Waals surface area contributed by atoms with Crippen molar-refractivity contribution < 1.29 is 0 Å². The molecule has 4 heteroatoms. The largest absolute Gasteiger partial charge is 0.317 e. The Morgan fingerprint density at radius 3 is 2.17 bits per heavy atom. The number of benzene rings is 6. The number of hydrogen-bond donors (Lipinski definition) is 0. The molecule has 4 nitrogen and oxygen atoms in total. The monoisotopic (exact) mass is 602 g/mol. The summed E-state index contributed by atoms with van der Waals surface area (Å²) in [7, 11) is 0. The van der Waals surface area contributed by atoms with Crippen molar-refractivity contribution in [2.75, 3.05) is 0 Å². The molecule has 0 atom stereocenters. The van der Waals surface area contributed by atoms with Gasteiger partial charge in [-0.2, -0.15) is 0 Å². The molecule has 1 aliphatic carbocycles. The summed E-state index contributed by atoms with van der Waals surface area (Å²) in [5.74, 6) is 0.676. The molecule has 0 saturated carbocycles. The van der Waals surface area contributed by atoms with E-state index in [4.69, 9.17) is 9.97 Å². The minimum atomic E-state index is -0.0953. The van der Waals surface area contributed by atoms with Gasteiger partial charge in [0.1, 0.15) is 0 Å². The predicted molar refractivity (Wildman–Crippen MR) is 194 cm³/mol. The van der Waals surface area contributed by atoms with Crippen LogP contribution in [-0.4, -0.2) is 19.1 Å². The molecular formula is C43H30N4. The van der Waals surface area contributed by atoms with Crippen molar-refractivity contribution in [1.29, 1.82) is 0 Å². The molecule has 3 heterocycles. The summed E-state index contributed by atoms with van der Waals surface area (Å²) in [5.41, 5.74) is 12.7. The molecule has 0 amide bonds. The topological polar surface area (TPSA) is 35.6 Å². The fourth-order valence-electron chi connectivity index (χ4n) is 7.86. The van der Waals surface area contributed by atoms with E-state index in [9.17, 15) is 0 Å². The van der Waals surface area contributed by atoms with E-state index in [0.717, 1.165) is 38.9 Å². The van der Waals surface area contributed by atoms with Crippen molar-refractivity contribution in [2.45, 2.75) is 19.3 Å². The zero-order valence-corrected chi connectivity index (χ0v) is 26.1. The van der Waals surface area contributed by atoms with Crippen LogP contribution in [0.25, 0.3) is 77.6 Å². The van der Waals surface area contributed by atoms with Crippen molar-refractivity contribution >= 4 is 43.6 Å². The van der Waals surface area contributed by atoms with Gasteiger partial charge >= 0.3 is 0 Å². The third kappa shape index (κ3) is 3.70. The van der Waals surface area contributed by atoms with Crippen molar-refractivity contribution in [2.24, 2.45) is 0 Å². The van der Waals surface area contributed by atoms with E-state index in [1.165, 1.54) is 43.9 Å². The quantitative estimate of drug-likeness (QED) is 0.202. The van der Waals surface area contributed by atoms with Crippen LogP contribution in [0.3, 0.4) is 0 Å². The maximum atomic E-state index is 5.42. The first-order valence-electron chi connectivity index (χ1n) is 16.2. The molecule has 0 aliphatic heterocycles. The number of fused-ring (bicyclic) bond motifs is 8. The van der Waals surface area contributed by atoms with Crippen LogP contribution in [0.15, 0.2) is 146 Å². The van der Waals surface area contributed by atoms with Crippen molar-refractivity contribution in [1.82, 2.24) is 19.1 Å². The number of rotatable bonds is 3. The smallest absolute Gasteiger partial charge is 0.235 e. The number of para-hydroxylation sites is 3. The van der Waals surface area contributed by atoms with Crippen LogP contribution in [-0.2, 0) is 5.41 Å². The minimum absolute atomic E-state index is 0.0953. The Morgan fingerprint density at radius 1 is 0.532 bits per heavy atom. The van der Waals surface area contributed by atoms with Gasteiger partial charge in [-0.25, -0.2) is 9.97 Å². The van der Waals surface area contributed by atoms with E-state index in [0.29, 0.717) is 5.95 Å². The lowest BCUT2D eigenvalue weighted by atomic mass is 9.82. The van der Waals surface area contributed by atoms with Gasteiger partial charge in [-0.1, -0.05) is 105 Å². The van der Waals surface area contributed by atoms with Gasteiger partial charge in [0.05, 0.1) is 27.8 Å². The van der Waals surface area contributed by atoms with Crippen LogP contribution in [0.2, 0.25) is 0 Å².